The molecule has 0 bridgehead atoms. The summed E-state index contributed by atoms with van der Waals surface area (Å²) >= 11 is 12.4. The van der Waals surface area contributed by atoms with Gasteiger partial charge in [0.15, 0.2) is 5.01 Å². The Hall–Kier alpha value is -1.54. The molecule has 0 aliphatic carbocycles. The summed E-state index contributed by atoms with van der Waals surface area (Å²) in [7, 11) is 0. The van der Waals surface area contributed by atoms with E-state index in [0.29, 0.717) is 21.6 Å². The largest absolute Gasteiger partial charge is 0.346 e. The van der Waals surface area contributed by atoms with Crippen molar-refractivity contribution in [2.24, 2.45) is 0 Å². The number of rotatable bonds is 5. The topological polar surface area (TPSA) is 54.9 Å². The Labute approximate surface area is 166 Å². The molecule has 4 nitrogen and oxygen atoms in total. The Bertz CT molecular complexity index is 918. The summed E-state index contributed by atoms with van der Waals surface area (Å²) in [5, 5.41) is 14.0. The molecule has 1 amide bonds. The highest BCUT2D eigenvalue weighted by Crippen LogP contribution is 2.28. The maximum absolute atomic E-state index is 12.2. The van der Waals surface area contributed by atoms with E-state index in [9.17, 15) is 4.79 Å². The monoisotopic (exact) mass is 453 g/mol. The number of hydrogen-bond acceptors (Lipinski definition) is 5. The van der Waals surface area contributed by atoms with Crippen molar-refractivity contribution in [2.75, 3.05) is 0 Å². The van der Waals surface area contributed by atoms with Crippen LogP contribution in [0.15, 0.2) is 39.5 Å². The van der Waals surface area contributed by atoms with E-state index in [1.165, 1.54) is 16.9 Å². The average Bonchev–Trinajstić information content (AvgIpc) is 3.23. The van der Waals surface area contributed by atoms with Gasteiger partial charge >= 0.3 is 0 Å². The fourth-order valence-electron chi connectivity index (χ4n) is 1.98. The maximum atomic E-state index is 12.2. The van der Waals surface area contributed by atoms with Gasteiger partial charge in [-0.25, -0.2) is 0 Å². The summed E-state index contributed by atoms with van der Waals surface area (Å²) in [4.78, 5) is 12.2. The van der Waals surface area contributed by atoms with Crippen LogP contribution in [-0.4, -0.2) is 16.1 Å². The van der Waals surface area contributed by atoms with E-state index in [2.05, 4.69) is 31.4 Å². The van der Waals surface area contributed by atoms with Crippen molar-refractivity contribution in [1.82, 2.24) is 15.5 Å². The van der Waals surface area contributed by atoms with E-state index in [-0.39, 0.29) is 5.91 Å². The van der Waals surface area contributed by atoms with Gasteiger partial charge in [0.2, 0.25) is 5.01 Å². The summed E-state index contributed by atoms with van der Waals surface area (Å²) in [6.07, 6.45) is 1.80. The van der Waals surface area contributed by atoms with Crippen molar-refractivity contribution < 1.29 is 4.79 Å². The van der Waals surface area contributed by atoms with Crippen LogP contribution < -0.4 is 5.32 Å². The molecule has 0 unspecified atom stereocenters. The van der Waals surface area contributed by atoms with Crippen molar-refractivity contribution in [3.8, 4) is 0 Å². The molecule has 8 heteroatoms. The van der Waals surface area contributed by atoms with E-state index in [1.54, 1.807) is 17.4 Å². The first-order valence-electron chi connectivity index (χ1n) is 7.30. The molecule has 0 spiro atoms. The van der Waals surface area contributed by atoms with Gasteiger partial charge in [0, 0.05) is 6.54 Å². The fourth-order valence-corrected chi connectivity index (χ4v) is 4.06. The molecule has 1 aromatic carbocycles. The van der Waals surface area contributed by atoms with Gasteiger partial charge in [0.25, 0.3) is 5.91 Å². The molecule has 1 N–H and O–H groups in total. The predicted octanol–water partition coefficient (Wildman–Crippen LogP) is 5.34. The van der Waals surface area contributed by atoms with Crippen molar-refractivity contribution in [1.29, 1.82) is 0 Å². The molecule has 0 aliphatic rings. The number of aromatic nitrogens is 2. The summed E-state index contributed by atoms with van der Waals surface area (Å²) in [6.45, 7) is 2.47. The number of thiophene rings is 1. The third-order valence-electron chi connectivity index (χ3n) is 3.28. The molecule has 0 saturated carbocycles. The Morgan fingerprint density at radius 1 is 1.28 bits per heavy atom. The molecule has 2 aromatic heterocycles. The smallest absolute Gasteiger partial charge is 0.282 e. The first-order valence-corrected chi connectivity index (χ1v) is 10.2. The minimum atomic E-state index is -0.257. The normalized spacial score (nSPS) is 11.6. The number of hydrogen-bond donors (Lipinski definition) is 1. The van der Waals surface area contributed by atoms with Gasteiger partial charge in [-0.3, -0.25) is 4.79 Å². The van der Waals surface area contributed by atoms with Gasteiger partial charge < -0.3 is 5.32 Å². The van der Waals surface area contributed by atoms with Crippen molar-refractivity contribution in [2.45, 2.75) is 13.5 Å². The minimum Gasteiger partial charge on any atom is -0.346 e. The first kappa shape index (κ1) is 18.3. The number of carbonyl (C=O) groups is 1. The minimum absolute atomic E-state index is 0.257. The van der Waals surface area contributed by atoms with E-state index in [0.717, 1.165) is 14.9 Å². The number of benzene rings is 1. The zero-order valence-electron chi connectivity index (χ0n) is 13.1. The molecule has 2 heterocycles. The summed E-state index contributed by atoms with van der Waals surface area (Å²) < 4.78 is 1.02. The Kier molecular flexibility index (Phi) is 6.01. The molecule has 0 atom stereocenters. The summed E-state index contributed by atoms with van der Waals surface area (Å²) in [5.74, 6) is -0.257. The van der Waals surface area contributed by atoms with Crippen LogP contribution in [0.5, 0.6) is 0 Å². The van der Waals surface area contributed by atoms with E-state index in [4.69, 9.17) is 11.6 Å². The van der Waals surface area contributed by atoms with E-state index < -0.39 is 0 Å². The lowest BCUT2D eigenvalue weighted by Crippen LogP contribution is -2.22. The van der Waals surface area contributed by atoms with Crippen LogP contribution in [0.2, 0.25) is 0 Å². The van der Waals surface area contributed by atoms with Gasteiger partial charge in [-0.2, -0.15) is 0 Å². The number of aryl methyl sites for hydroxylation is 1. The Morgan fingerprint density at radius 3 is 2.68 bits per heavy atom. The van der Waals surface area contributed by atoms with Gasteiger partial charge in [-0.1, -0.05) is 52.8 Å². The van der Waals surface area contributed by atoms with E-state index in [1.807, 2.05) is 42.6 Å². The van der Waals surface area contributed by atoms with Crippen molar-refractivity contribution >= 4 is 67.2 Å². The quantitative estimate of drug-likeness (QED) is 0.566. The number of carbonyl (C=O) groups excluding carboxylic acids is 1. The number of amides is 1. The third-order valence-corrected chi connectivity index (χ3v) is 6.16. The molecule has 3 aromatic rings. The lowest BCUT2D eigenvalue weighted by Gasteiger charge is -2.03. The molecule has 128 valence electrons. The fraction of sp³-hybridized carbons (Fsp3) is 0.118. The number of nitrogens with zero attached hydrogens (tertiary/aromatic N) is 2. The molecule has 25 heavy (non-hydrogen) atoms. The Morgan fingerprint density at radius 2 is 2.00 bits per heavy atom. The molecular formula is C17H13BrClN3OS2. The van der Waals surface area contributed by atoms with E-state index >= 15 is 0 Å². The first-order chi connectivity index (χ1) is 12.0. The zero-order valence-corrected chi connectivity index (χ0v) is 17.1. The van der Waals surface area contributed by atoms with Crippen LogP contribution in [0.25, 0.3) is 11.1 Å². The van der Waals surface area contributed by atoms with Crippen LogP contribution in [-0.2, 0) is 6.54 Å². The maximum Gasteiger partial charge on any atom is 0.282 e. The molecule has 0 radical (unpaired) electrons. The van der Waals surface area contributed by atoms with Crippen LogP contribution in [0, 0.1) is 6.92 Å². The van der Waals surface area contributed by atoms with Gasteiger partial charge in [0.1, 0.15) is 0 Å². The third kappa shape index (κ3) is 4.98. The standard InChI is InChI=1S/C17H13BrClN3OS2/c1-10-2-4-11(5-3-10)8-20-15(23)17-22-21-16(25-17)13(19)6-12-7-14(18)24-9-12/h2-7,9H,8H2,1H3,(H,20,23)/b13-6-. The predicted molar refractivity (Wildman–Crippen MR) is 108 cm³/mol. The molecule has 0 aliphatic heterocycles. The second-order valence-corrected chi connectivity index (χ2v) is 8.93. The van der Waals surface area contributed by atoms with Crippen molar-refractivity contribution in [3.05, 3.63) is 66.2 Å². The SMILES string of the molecule is Cc1ccc(CNC(=O)c2nnc(/C(Cl)=C/c3csc(Br)c3)s2)cc1. The highest BCUT2D eigenvalue weighted by Gasteiger charge is 2.14. The Balaban J connectivity index is 1.64. The highest BCUT2D eigenvalue weighted by atomic mass is 79.9. The van der Waals surface area contributed by atoms with Crippen LogP contribution in [0.3, 0.4) is 0 Å². The number of halogens is 2. The summed E-state index contributed by atoms with van der Waals surface area (Å²) in [5.41, 5.74) is 3.19. The number of nitrogens with one attached hydrogen (secondary N) is 1. The highest BCUT2D eigenvalue weighted by molar-refractivity contribution is 9.11. The van der Waals surface area contributed by atoms with Crippen molar-refractivity contribution in [3.63, 3.8) is 0 Å². The molecule has 3 rings (SSSR count). The lowest BCUT2D eigenvalue weighted by atomic mass is 10.1. The summed E-state index contributed by atoms with van der Waals surface area (Å²) in [6, 6.07) is 9.96. The van der Waals surface area contributed by atoms with Gasteiger partial charge in [-0.15, -0.1) is 21.5 Å². The zero-order chi connectivity index (χ0) is 17.8. The van der Waals surface area contributed by atoms with Gasteiger partial charge in [-0.05, 0) is 51.5 Å². The average molecular weight is 455 g/mol. The van der Waals surface area contributed by atoms with Crippen LogP contribution >= 0.6 is 50.2 Å². The van der Waals surface area contributed by atoms with Gasteiger partial charge in [0.05, 0.1) is 8.82 Å². The van der Waals surface area contributed by atoms with Crippen LogP contribution in [0.4, 0.5) is 0 Å². The second kappa shape index (κ2) is 8.23. The molecule has 0 fully saturated rings. The molecule has 0 saturated heterocycles. The molecular weight excluding hydrogens is 442 g/mol. The second-order valence-electron chi connectivity index (χ2n) is 5.26. The van der Waals surface area contributed by atoms with Crippen LogP contribution in [0.1, 0.15) is 31.5 Å². The lowest BCUT2D eigenvalue weighted by molar-refractivity contribution is 0.0950.